The number of benzene rings is 1. The van der Waals surface area contributed by atoms with E-state index in [1.165, 1.54) is 25.1 Å². The Bertz CT molecular complexity index is 557. The zero-order valence-corrected chi connectivity index (χ0v) is 11.7. The van der Waals surface area contributed by atoms with Crippen LogP contribution in [0.3, 0.4) is 0 Å². The van der Waals surface area contributed by atoms with Gasteiger partial charge in [-0.15, -0.1) is 0 Å². The lowest BCUT2D eigenvalue weighted by Gasteiger charge is -2.09. The second kappa shape index (κ2) is 6.60. The summed E-state index contributed by atoms with van der Waals surface area (Å²) in [4.78, 5) is 10.1. The topological polar surface area (TPSA) is 101 Å². The first-order chi connectivity index (χ1) is 8.88. The molecule has 1 aromatic carbocycles. The van der Waals surface area contributed by atoms with Gasteiger partial charge in [-0.1, -0.05) is 0 Å². The van der Waals surface area contributed by atoms with Gasteiger partial charge in [0.15, 0.2) is 0 Å². The Morgan fingerprint density at radius 1 is 1.32 bits per heavy atom. The zero-order valence-electron chi connectivity index (χ0n) is 10.8. The third kappa shape index (κ3) is 4.27. The van der Waals surface area contributed by atoms with Crippen LogP contribution in [0.25, 0.3) is 0 Å². The minimum atomic E-state index is -3.61. The average molecular weight is 287 g/mol. The molecule has 0 aliphatic carbocycles. The molecule has 0 unspecified atom stereocenters. The highest BCUT2D eigenvalue weighted by Crippen LogP contribution is 2.20. The molecule has 2 N–H and O–H groups in total. The average Bonchev–Trinajstić information content (AvgIpc) is 2.34. The molecular formula is C11H17N3O4S. The fourth-order valence-electron chi connectivity index (χ4n) is 1.60. The van der Waals surface area contributed by atoms with Crippen molar-refractivity contribution in [1.82, 2.24) is 10.0 Å². The van der Waals surface area contributed by atoms with Crippen LogP contribution in [-0.4, -0.2) is 33.5 Å². The van der Waals surface area contributed by atoms with Crippen molar-refractivity contribution in [2.45, 2.75) is 18.2 Å². The smallest absolute Gasteiger partial charge is 0.269 e. The highest BCUT2D eigenvalue weighted by Gasteiger charge is 2.18. The van der Waals surface area contributed by atoms with Gasteiger partial charge in [-0.2, -0.15) is 0 Å². The lowest BCUT2D eigenvalue weighted by Crippen LogP contribution is -2.27. The highest BCUT2D eigenvalue weighted by atomic mass is 32.2. The highest BCUT2D eigenvalue weighted by molar-refractivity contribution is 7.89. The number of non-ortho nitro benzene ring substituents is 1. The molecule has 0 bridgehead atoms. The van der Waals surface area contributed by atoms with E-state index in [1.807, 2.05) is 0 Å². The maximum Gasteiger partial charge on any atom is 0.269 e. The van der Waals surface area contributed by atoms with Gasteiger partial charge in [-0.05, 0) is 38.6 Å². The van der Waals surface area contributed by atoms with Crippen LogP contribution in [0.2, 0.25) is 0 Å². The van der Waals surface area contributed by atoms with Crippen LogP contribution in [-0.2, 0) is 10.0 Å². The summed E-state index contributed by atoms with van der Waals surface area (Å²) in [7, 11) is -1.83. The Labute approximate surface area is 112 Å². The Balaban J connectivity index is 2.87. The molecule has 0 saturated carbocycles. The monoisotopic (exact) mass is 287 g/mol. The first-order valence-corrected chi connectivity index (χ1v) is 7.26. The van der Waals surface area contributed by atoms with Gasteiger partial charge in [0, 0.05) is 18.7 Å². The summed E-state index contributed by atoms with van der Waals surface area (Å²) in [6, 6.07) is 3.70. The number of nitrogens with zero attached hydrogens (tertiary/aromatic N) is 1. The van der Waals surface area contributed by atoms with Crippen molar-refractivity contribution >= 4 is 15.7 Å². The first kappa shape index (κ1) is 15.5. The number of aryl methyl sites for hydroxylation is 1. The van der Waals surface area contributed by atoms with Crippen LogP contribution in [0, 0.1) is 17.0 Å². The minimum Gasteiger partial charge on any atom is -0.320 e. The number of nitrogens with one attached hydrogen (secondary N) is 2. The molecule has 0 aromatic heterocycles. The van der Waals surface area contributed by atoms with Crippen LogP contribution < -0.4 is 10.0 Å². The lowest BCUT2D eigenvalue weighted by molar-refractivity contribution is -0.385. The second-order valence-corrected chi connectivity index (χ2v) is 5.80. The fourth-order valence-corrected chi connectivity index (χ4v) is 2.90. The van der Waals surface area contributed by atoms with Gasteiger partial charge in [-0.3, -0.25) is 10.1 Å². The summed E-state index contributed by atoms with van der Waals surface area (Å²) in [6.07, 6.45) is 0.668. The zero-order chi connectivity index (χ0) is 14.5. The number of nitro groups is 1. The van der Waals surface area contributed by atoms with Crippen LogP contribution >= 0.6 is 0 Å². The van der Waals surface area contributed by atoms with E-state index in [0.29, 0.717) is 25.1 Å². The molecule has 0 aliphatic heterocycles. The van der Waals surface area contributed by atoms with Gasteiger partial charge in [0.25, 0.3) is 5.69 Å². The third-order valence-electron chi connectivity index (χ3n) is 2.55. The van der Waals surface area contributed by atoms with Gasteiger partial charge in [0.1, 0.15) is 0 Å². The summed E-state index contributed by atoms with van der Waals surface area (Å²) in [5, 5.41) is 13.5. The van der Waals surface area contributed by atoms with E-state index >= 15 is 0 Å². The summed E-state index contributed by atoms with van der Waals surface area (Å²) >= 11 is 0. The van der Waals surface area contributed by atoms with Crippen molar-refractivity contribution in [1.29, 1.82) is 0 Å². The predicted octanol–water partition coefficient (Wildman–Crippen LogP) is 0.791. The van der Waals surface area contributed by atoms with E-state index in [2.05, 4.69) is 10.0 Å². The van der Waals surface area contributed by atoms with Crippen molar-refractivity contribution in [3.8, 4) is 0 Å². The maximum atomic E-state index is 12.0. The molecule has 106 valence electrons. The van der Waals surface area contributed by atoms with Crippen LogP contribution in [0.4, 0.5) is 5.69 Å². The molecule has 8 heteroatoms. The Hall–Kier alpha value is -1.51. The standard InChI is InChI=1S/C11H17N3O4S/c1-9-8-10(14(15)16)4-5-11(9)19(17,18)13-7-3-6-12-2/h4-5,8,12-13H,3,6-7H2,1-2H3. The third-order valence-corrected chi connectivity index (χ3v) is 4.18. The normalized spacial score (nSPS) is 11.5. The molecule has 0 amide bonds. The van der Waals surface area contributed by atoms with Crippen molar-refractivity contribution in [3.63, 3.8) is 0 Å². The van der Waals surface area contributed by atoms with E-state index in [9.17, 15) is 18.5 Å². The second-order valence-electron chi connectivity index (χ2n) is 4.06. The van der Waals surface area contributed by atoms with Gasteiger partial charge in [-0.25, -0.2) is 13.1 Å². The van der Waals surface area contributed by atoms with Gasteiger partial charge >= 0.3 is 0 Å². The first-order valence-electron chi connectivity index (χ1n) is 5.78. The molecule has 0 fully saturated rings. The quantitative estimate of drug-likeness (QED) is 0.438. The summed E-state index contributed by atoms with van der Waals surface area (Å²) in [6.45, 7) is 2.57. The lowest BCUT2D eigenvalue weighted by atomic mass is 10.2. The molecule has 7 nitrogen and oxygen atoms in total. The summed E-state index contributed by atoms with van der Waals surface area (Å²) in [5.74, 6) is 0. The van der Waals surface area contributed by atoms with E-state index in [1.54, 1.807) is 7.05 Å². The summed E-state index contributed by atoms with van der Waals surface area (Å²) in [5.41, 5.74) is 0.238. The van der Waals surface area contributed by atoms with Gasteiger partial charge in [0.2, 0.25) is 10.0 Å². The van der Waals surface area contributed by atoms with E-state index in [0.717, 1.165) is 0 Å². The Morgan fingerprint density at radius 2 is 2.00 bits per heavy atom. The van der Waals surface area contributed by atoms with E-state index in [-0.39, 0.29) is 10.6 Å². The van der Waals surface area contributed by atoms with Gasteiger partial charge < -0.3 is 5.32 Å². The molecular weight excluding hydrogens is 270 g/mol. The molecule has 1 aromatic rings. The van der Waals surface area contributed by atoms with Crippen LogP contribution in [0.5, 0.6) is 0 Å². The van der Waals surface area contributed by atoms with Crippen molar-refractivity contribution in [2.75, 3.05) is 20.1 Å². The number of hydrogen-bond acceptors (Lipinski definition) is 5. The van der Waals surface area contributed by atoms with E-state index < -0.39 is 14.9 Å². The minimum absolute atomic E-state index is 0.0718. The Kier molecular flexibility index (Phi) is 5.40. The maximum absolute atomic E-state index is 12.0. The molecule has 1 rings (SSSR count). The number of hydrogen-bond donors (Lipinski definition) is 2. The van der Waals surface area contributed by atoms with E-state index in [4.69, 9.17) is 0 Å². The number of rotatable bonds is 7. The molecule has 0 aliphatic rings. The van der Waals surface area contributed by atoms with Crippen molar-refractivity contribution in [2.24, 2.45) is 0 Å². The molecule has 0 heterocycles. The van der Waals surface area contributed by atoms with Gasteiger partial charge in [0.05, 0.1) is 9.82 Å². The van der Waals surface area contributed by atoms with Crippen molar-refractivity contribution < 1.29 is 13.3 Å². The summed E-state index contributed by atoms with van der Waals surface area (Å²) < 4.78 is 26.5. The number of sulfonamides is 1. The van der Waals surface area contributed by atoms with Crippen LogP contribution in [0.1, 0.15) is 12.0 Å². The molecule has 0 saturated heterocycles. The predicted molar refractivity (Wildman–Crippen MR) is 71.6 cm³/mol. The number of nitro benzene ring substituents is 1. The fraction of sp³-hybridized carbons (Fsp3) is 0.455. The molecule has 0 radical (unpaired) electrons. The molecule has 19 heavy (non-hydrogen) atoms. The molecule has 0 atom stereocenters. The molecule has 0 spiro atoms. The van der Waals surface area contributed by atoms with Crippen molar-refractivity contribution in [3.05, 3.63) is 33.9 Å². The Morgan fingerprint density at radius 3 is 2.53 bits per heavy atom. The van der Waals surface area contributed by atoms with Crippen LogP contribution in [0.15, 0.2) is 23.1 Å². The SMILES string of the molecule is CNCCCNS(=O)(=O)c1ccc([N+](=O)[O-])cc1C. The largest absolute Gasteiger partial charge is 0.320 e.